The summed E-state index contributed by atoms with van der Waals surface area (Å²) in [5.41, 5.74) is 4.21. The molecule has 19 heavy (non-hydrogen) atoms. The molecule has 98 valence electrons. The van der Waals surface area contributed by atoms with E-state index in [9.17, 15) is 0 Å². The van der Waals surface area contributed by atoms with E-state index in [0.717, 1.165) is 36.2 Å². The molecule has 2 nitrogen and oxygen atoms in total. The second-order valence-electron chi connectivity index (χ2n) is 5.05. The van der Waals surface area contributed by atoms with Gasteiger partial charge in [0.1, 0.15) is 5.82 Å². The number of hydrogen-bond acceptors (Lipinski definition) is 2. The van der Waals surface area contributed by atoms with E-state index in [2.05, 4.69) is 63.1 Å². The van der Waals surface area contributed by atoms with Gasteiger partial charge in [0, 0.05) is 23.8 Å². The fourth-order valence-corrected chi connectivity index (χ4v) is 3.19. The van der Waals surface area contributed by atoms with Gasteiger partial charge in [0.2, 0.25) is 0 Å². The van der Waals surface area contributed by atoms with Crippen LogP contribution in [0.25, 0.3) is 0 Å². The maximum atomic E-state index is 4.59. The summed E-state index contributed by atoms with van der Waals surface area (Å²) < 4.78 is 1.05. The zero-order valence-corrected chi connectivity index (χ0v) is 12.7. The van der Waals surface area contributed by atoms with E-state index in [1.54, 1.807) is 0 Å². The van der Waals surface area contributed by atoms with E-state index in [1.165, 1.54) is 16.7 Å². The first kappa shape index (κ1) is 12.7. The molecule has 2 heterocycles. The van der Waals surface area contributed by atoms with Crippen LogP contribution in [0.4, 0.5) is 5.82 Å². The minimum absolute atomic E-state index is 1.05. The molecule has 0 unspecified atom stereocenters. The van der Waals surface area contributed by atoms with E-state index >= 15 is 0 Å². The first-order chi connectivity index (χ1) is 9.24. The lowest BCUT2D eigenvalue weighted by molar-refractivity contribution is 0.786. The largest absolute Gasteiger partial charge is 0.356 e. The molecular weight excluding hydrogens is 300 g/mol. The van der Waals surface area contributed by atoms with Gasteiger partial charge in [-0.3, -0.25) is 0 Å². The van der Waals surface area contributed by atoms with Gasteiger partial charge in [-0.15, -0.1) is 0 Å². The van der Waals surface area contributed by atoms with Crippen molar-refractivity contribution in [1.29, 1.82) is 0 Å². The Balaban J connectivity index is 1.85. The minimum Gasteiger partial charge on any atom is -0.356 e. The summed E-state index contributed by atoms with van der Waals surface area (Å²) in [7, 11) is 0. The Morgan fingerprint density at radius 1 is 1.11 bits per heavy atom. The Morgan fingerprint density at radius 2 is 1.74 bits per heavy atom. The quantitative estimate of drug-likeness (QED) is 0.796. The zero-order chi connectivity index (χ0) is 13.2. The number of pyridine rings is 1. The number of hydrogen-bond donors (Lipinski definition) is 0. The van der Waals surface area contributed by atoms with Gasteiger partial charge in [0.25, 0.3) is 0 Å². The normalized spacial score (nSPS) is 14.9. The van der Waals surface area contributed by atoms with Crippen molar-refractivity contribution in [2.45, 2.75) is 19.8 Å². The molecule has 1 aliphatic rings. The van der Waals surface area contributed by atoms with E-state index in [0.29, 0.717) is 0 Å². The number of rotatable bonds is 1. The summed E-state index contributed by atoms with van der Waals surface area (Å²) >= 11 is 3.48. The molecule has 0 saturated carbocycles. The highest BCUT2D eigenvalue weighted by Crippen LogP contribution is 2.24. The van der Waals surface area contributed by atoms with Gasteiger partial charge in [0.15, 0.2) is 0 Å². The van der Waals surface area contributed by atoms with E-state index < -0.39 is 0 Å². The van der Waals surface area contributed by atoms with Gasteiger partial charge in [-0.1, -0.05) is 24.3 Å². The summed E-state index contributed by atoms with van der Waals surface area (Å²) in [6.07, 6.45) is 4.10. The molecular formula is C16H17BrN2. The van der Waals surface area contributed by atoms with Crippen molar-refractivity contribution >= 4 is 21.7 Å². The minimum atomic E-state index is 1.05. The zero-order valence-electron chi connectivity index (χ0n) is 11.1. The Labute approximate surface area is 122 Å². The van der Waals surface area contributed by atoms with Gasteiger partial charge in [-0.2, -0.15) is 0 Å². The predicted octanol–water partition coefficient (Wildman–Crippen LogP) is 3.76. The van der Waals surface area contributed by atoms with Gasteiger partial charge in [-0.05, 0) is 58.5 Å². The first-order valence-corrected chi connectivity index (χ1v) is 7.47. The lowest BCUT2D eigenvalue weighted by atomic mass is 10.0. The molecule has 0 spiro atoms. The van der Waals surface area contributed by atoms with Crippen LogP contribution in [-0.4, -0.2) is 18.1 Å². The first-order valence-electron chi connectivity index (χ1n) is 6.68. The van der Waals surface area contributed by atoms with Crippen LogP contribution in [0.3, 0.4) is 0 Å². The molecule has 0 bridgehead atoms. The fraction of sp³-hybridized carbons (Fsp3) is 0.312. The molecule has 3 rings (SSSR count). The highest BCUT2D eigenvalue weighted by atomic mass is 79.9. The summed E-state index contributed by atoms with van der Waals surface area (Å²) in [6, 6.07) is 10.9. The number of benzene rings is 1. The van der Waals surface area contributed by atoms with E-state index in [1.807, 2.05) is 6.20 Å². The topological polar surface area (TPSA) is 16.1 Å². The van der Waals surface area contributed by atoms with Crippen LogP contribution >= 0.6 is 15.9 Å². The Morgan fingerprint density at radius 3 is 2.32 bits per heavy atom. The molecule has 0 aliphatic carbocycles. The van der Waals surface area contributed by atoms with Crippen molar-refractivity contribution in [3.63, 3.8) is 0 Å². The molecule has 0 amide bonds. The Bertz CT molecular complexity index is 568. The average Bonchev–Trinajstić information content (AvgIpc) is 2.62. The van der Waals surface area contributed by atoms with Crippen LogP contribution in [0.5, 0.6) is 0 Å². The third-order valence-electron chi connectivity index (χ3n) is 3.74. The molecule has 2 aromatic rings. The number of halogens is 1. The molecule has 1 aromatic heterocycles. The third kappa shape index (κ3) is 2.66. The lowest BCUT2D eigenvalue weighted by Crippen LogP contribution is -2.27. The number of nitrogens with zero attached hydrogens (tertiary/aromatic N) is 2. The van der Waals surface area contributed by atoms with Crippen molar-refractivity contribution in [2.75, 3.05) is 18.0 Å². The second kappa shape index (κ2) is 5.33. The van der Waals surface area contributed by atoms with Crippen LogP contribution in [0.1, 0.15) is 16.7 Å². The van der Waals surface area contributed by atoms with Crippen molar-refractivity contribution < 1.29 is 0 Å². The molecule has 3 heteroatoms. The highest BCUT2D eigenvalue weighted by molar-refractivity contribution is 9.10. The van der Waals surface area contributed by atoms with Gasteiger partial charge >= 0.3 is 0 Å². The SMILES string of the molecule is Cc1cc(Br)cnc1N1CCc2ccccc2CC1. The summed E-state index contributed by atoms with van der Waals surface area (Å²) in [6.45, 7) is 4.23. The van der Waals surface area contributed by atoms with Crippen molar-refractivity contribution in [3.8, 4) is 0 Å². The second-order valence-corrected chi connectivity index (χ2v) is 5.97. The van der Waals surface area contributed by atoms with Crippen LogP contribution in [0, 0.1) is 6.92 Å². The molecule has 1 aliphatic heterocycles. The van der Waals surface area contributed by atoms with E-state index in [4.69, 9.17) is 0 Å². The molecule has 1 aromatic carbocycles. The third-order valence-corrected chi connectivity index (χ3v) is 4.17. The smallest absolute Gasteiger partial charge is 0.131 e. The monoisotopic (exact) mass is 316 g/mol. The summed E-state index contributed by atoms with van der Waals surface area (Å²) in [5, 5.41) is 0. The maximum Gasteiger partial charge on any atom is 0.131 e. The molecule has 0 radical (unpaired) electrons. The van der Waals surface area contributed by atoms with Crippen LogP contribution in [0.15, 0.2) is 41.0 Å². The number of anilines is 1. The molecule has 0 fully saturated rings. The van der Waals surface area contributed by atoms with E-state index in [-0.39, 0.29) is 0 Å². The van der Waals surface area contributed by atoms with Crippen LogP contribution in [0.2, 0.25) is 0 Å². The summed E-state index contributed by atoms with van der Waals surface area (Å²) in [4.78, 5) is 6.99. The molecule has 0 N–H and O–H groups in total. The average molecular weight is 317 g/mol. The van der Waals surface area contributed by atoms with Crippen LogP contribution < -0.4 is 4.90 Å². The molecule has 0 atom stereocenters. The van der Waals surface area contributed by atoms with Gasteiger partial charge < -0.3 is 4.90 Å². The maximum absolute atomic E-state index is 4.59. The Kier molecular flexibility index (Phi) is 3.56. The highest BCUT2D eigenvalue weighted by Gasteiger charge is 2.16. The number of fused-ring (bicyclic) bond motifs is 1. The lowest BCUT2D eigenvalue weighted by Gasteiger charge is -2.23. The van der Waals surface area contributed by atoms with Gasteiger partial charge in [-0.25, -0.2) is 4.98 Å². The number of aromatic nitrogens is 1. The van der Waals surface area contributed by atoms with Gasteiger partial charge in [0.05, 0.1) is 0 Å². The Hall–Kier alpha value is -1.35. The summed E-state index contributed by atoms with van der Waals surface area (Å²) in [5.74, 6) is 1.12. The predicted molar refractivity (Wildman–Crippen MR) is 82.7 cm³/mol. The van der Waals surface area contributed by atoms with Crippen molar-refractivity contribution in [3.05, 3.63) is 57.7 Å². The van der Waals surface area contributed by atoms with Crippen molar-refractivity contribution in [1.82, 2.24) is 4.98 Å². The van der Waals surface area contributed by atoms with Crippen molar-refractivity contribution in [2.24, 2.45) is 0 Å². The molecule has 0 saturated heterocycles. The van der Waals surface area contributed by atoms with Crippen LogP contribution in [-0.2, 0) is 12.8 Å². The standard InChI is InChI=1S/C16H17BrN2/c1-12-10-15(17)11-18-16(12)19-8-6-13-4-2-3-5-14(13)7-9-19/h2-5,10-11H,6-9H2,1H3. The number of aryl methyl sites for hydroxylation is 1. The fourth-order valence-electron chi connectivity index (χ4n) is 2.74.